The van der Waals surface area contributed by atoms with E-state index >= 15 is 0 Å². The predicted octanol–water partition coefficient (Wildman–Crippen LogP) is 4.13. The monoisotopic (exact) mass is 280 g/mol. The van der Waals surface area contributed by atoms with E-state index < -0.39 is 0 Å². The molecule has 0 aliphatic carbocycles. The Kier molecular flexibility index (Phi) is 1.97. The van der Waals surface area contributed by atoms with E-state index in [0.29, 0.717) is 5.15 Å². The minimum atomic E-state index is 0.539. The molecule has 2 aromatic heterocycles. The Morgan fingerprint density at radius 3 is 2.93 bits per heavy atom. The van der Waals surface area contributed by atoms with Gasteiger partial charge in [0.1, 0.15) is 5.15 Å². The van der Waals surface area contributed by atoms with Gasteiger partial charge in [-0.15, -0.1) is 0 Å². The molecule has 0 amide bonds. The molecule has 0 saturated heterocycles. The van der Waals surface area contributed by atoms with E-state index in [4.69, 9.17) is 11.6 Å². The van der Waals surface area contributed by atoms with Crippen LogP contribution in [0, 0.1) is 0 Å². The summed E-state index contributed by atoms with van der Waals surface area (Å²) < 4.78 is 1.04. The number of nitrogens with zero attached hydrogens (tertiary/aromatic N) is 1. The summed E-state index contributed by atoms with van der Waals surface area (Å²) in [6.45, 7) is 0. The zero-order valence-corrected chi connectivity index (χ0v) is 9.93. The molecule has 0 atom stereocenters. The van der Waals surface area contributed by atoms with Gasteiger partial charge in [-0.05, 0) is 24.3 Å². The van der Waals surface area contributed by atoms with Crippen molar-refractivity contribution in [3.8, 4) is 0 Å². The Hall–Kier alpha value is -1.06. The summed E-state index contributed by atoms with van der Waals surface area (Å²) in [5.41, 5.74) is 2.09. The molecule has 0 radical (unpaired) electrons. The molecular weight excluding hydrogens is 275 g/mol. The fourth-order valence-electron chi connectivity index (χ4n) is 1.77. The molecule has 3 rings (SSSR count). The van der Waals surface area contributed by atoms with Crippen molar-refractivity contribution in [1.29, 1.82) is 0 Å². The van der Waals surface area contributed by atoms with E-state index in [2.05, 4.69) is 25.9 Å². The molecule has 1 N–H and O–H groups in total. The van der Waals surface area contributed by atoms with Crippen LogP contribution < -0.4 is 0 Å². The quantitative estimate of drug-likeness (QED) is 0.617. The number of aromatic nitrogens is 2. The number of hydrogen-bond donors (Lipinski definition) is 1. The van der Waals surface area contributed by atoms with E-state index in [-0.39, 0.29) is 0 Å². The van der Waals surface area contributed by atoms with Crippen LogP contribution in [-0.4, -0.2) is 9.97 Å². The second kappa shape index (κ2) is 3.22. The second-order valence-electron chi connectivity index (χ2n) is 3.34. The van der Waals surface area contributed by atoms with Crippen molar-refractivity contribution in [1.82, 2.24) is 9.97 Å². The van der Waals surface area contributed by atoms with E-state index in [0.717, 1.165) is 26.3 Å². The first-order valence-corrected chi connectivity index (χ1v) is 5.64. The minimum Gasteiger partial charge on any atom is -0.354 e. The lowest BCUT2D eigenvalue weighted by Gasteiger charge is -1.94. The predicted molar refractivity (Wildman–Crippen MR) is 66.3 cm³/mol. The zero-order valence-electron chi connectivity index (χ0n) is 7.59. The fraction of sp³-hybridized carbons (Fsp3) is 0. The number of pyridine rings is 1. The molecule has 0 saturated carbocycles. The molecule has 0 fully saturated rings. The van der Waals surface area contributed by atoms with Crippen LogP contribution in [0.15, 0.2) is 34.9 Å². The maximum Gasteiger partial charge on any atom is 0.138 e. The number of nitrogens with one attached hydrogen (secondary N) is 1. The van der Waals surface area contributed by atoms with E-state index in [1.165, 1.54) is 0 Å². The normalized spacial score (nSPS) is 11.3. The van der Waals surface area contributed by atoms with Crippen LogP contribution in [0.3, 0.4) is 0 Å². The lowest BCUT2D eigenvalue weighted by atomic mass is 10.2. The molecular formula is C11H6BrClN2. The minimum absolute atomic E-state index is 0.539. The molecule has 0 unspecified atom stereocenters. The molecule has 0 aliphatic heterocycles. The van der Waals surface area contributed by atoms with Crippen molar-refractivity contribution in [3.05, 3.63) is 40.1 Å². The smallest absolute Gasteiger partial charge is 0.138 e. The Bertz CT molecular complexity index is 660. The molecule has 2 heterocycles. The molecule has 0 bridgehead atoms. The van der Waals surface area contributed by atoms with Gasteiger partial charge >= 0.3 is 0 Å². The van der Waals surface area contributed by atoms with Gasteiger partial charge in [0.25, 0.3) is 0 Å². The van der Waals surface area contributed by atoms with Gasteiger partial charge in [0.15, 0.2) is 0 Å². The molecule has 4 heteroatoms. The van der Waals surface area contributed by atoms with Gasteiger partial charge in [-0.25, -0.2) is 4.98 Å². The molecule has 15 heavy (non-hydrogen) atoms. The Morgan fingerprint density at radius 1 is 1.20 bits per heavy atom. The van der Waals surface area contributed by atoms with Crippen molar-refractivity contribution >= 4 is 49.3 Å². The summed E-state index contributed by atoms with van der Waals surface area (Å²) in [6.07, 6.45) is 1.70. The van der Waals surface area contributed by atoms with E-state index in [9.17, 15) is 0 Å². The van der Waals surface area contributed by atoms with Crippen molar-refractivity contribution < 1.29 is 0 Å². The van der Waals surface area contributed by atoms with Crippen LogP contribution in [0.5, 0.6) is 0 Å². The standard InChI is InChI=1S/C11H6BrClN2/c12-6-1-2-8-7(5-6)10-9(15-8)3-4-14-11(10)13/h1-5,15H. The van der Waals surface area contributed by atoms with Crippen molar-refractivity contribution in [2.24, 2.45) is 0 Å². The highest BCUT2D eigenvalue weighted by molar-refractivity contribution is 9.10. The third-order valence-electron chi connectivity index (χ3n) is 2.43. The molecule has 0 spiro atoms. The third kappa shape index (κ3) is 1.34. The second-order valence-corrected chi connectivity index (χ2v) is 4.61. The van der Waals surface area contributed by atoms with Crippen molar-refractivity contribution in [2.75, 3.05) is 0 Å². The Labute approximate surface area is 99.4 Å². The number of rotatable bonds is 0. The van der Waals surface area contributed by atoms with Gasteiger partial charge in [-0.1, -0.05) is 27.5 Å². The highest BCUT2D eigenvalue weighted by Crippen LogP contribution is 2.31. The summed E-state index contributed by atoms with van der Waals surface area (Å²) in [6, 6.07) is 7.99. The topological polar surface area (TPSA) is 28.7 Å². The van der Waals surface area contributed by atoms with Crippen LogP contribution in [0.2, 0.25) is 5.15 Å². The van der Waals surface area contributed by atoms with E-state index in [1.54, 1.807) is 6.20 Å². The number of H-pyrrole nitrogens is 1. The Morgan fingerprint density at radius 2 is 2.07 bits per heavy atom. The average Bonchev–Trinajstić information content (AvgIpc) is 2.57. The number of hydrogen-bond acceptors (Lipinski definition) is 1. The SMILES string of the molecule is Clc1nccc2[nH]c3ccc(Br)cc3c12. The summed E-state index contributed by atoms with van der Waals surface area (Å²) in [4.78, 5) is 7.39. The van der Waals surface area contributed by atoms with E-state index in [1.807, 2.05) is 24.3 Å². The highest BCUT2D eigenvalue weighted by atomic mass is 79.9. The Balaban J connectivity index is 2.61. The molecule has 0 aliphatic rings. The highest BCUT2D eigenvalue weighted by Gasteiger charge is 2.08. The van der Waals surface area contributed by atoms with Gasteiger partial charge in [-0.2, -0.15) is 0 Å². The fourth-order valence-corrected chi connectivity index (χ4v) is 2.40. The van der Waals surface area contributed by atoms with Crippen LogP contribution in [0.25, 0.3) is 21.8 Å². The summed E-state index contributed by atoms with van der Waals surface area (Å²) in [5, 5.41) is 2.62. The maximum absolute atomic E-state index is 6.08. The molecule has 74 valence electrons. The van der Waals surface area contributed by atoms with Gasteiger partial charge in [0, 0.05) is 27.0 Å². The van der Waals surface area contributed by atoms with Crippen LogP contribution in [0.4, 0.5) is 0 Å². The maximum atomic E-state index is 6.08. The van der Waals surface area contributed by atoms with Crippen LogP contribution in [-0.2, 0) is 0 Å². The lowest BCUT2D eigenvalue weighted by Crippen LogP contribution is -1.74. The lowest BCUT2D eigenvalue weighted by molar-refractivity contribution is 1.36. The molecule has 2 nitrogen and oxygen atoms in total. The number of halogens is 2. The number of fused-ring (bicyclic) bond motifs is 3. The average molecular weight is 282 g/mol. The molecule has 3 aromatic rings. The summed E-state index contributed by atoms with van der Waals surface area (Å²) in [7, 11) is 0. The first-order chi connectivity index (χ1) is 7.25. The third-order valence-corrected chi connectivity index (χ3v) is 3.20. The van der Waals surface area contributed by atoms with Crippen molar-refractivity contribution in [3.63, 3.8) is 0 Å². The first kappa shape index (κ1) is 9.19. The zero-order chi connectivity index (χ0) is 10.4. The van der Waals surface area contributed by atoms with Gasteiger partial charge in [0.2, 0.25) is 0 Å². The van der Waals surface area contributed by atoms with Crippen LogP contribution >= 0.6 is 27.5 Å². The van der Waals surface area contributed by atoms with Crippen LogP contribution in [0.1, 0.15) is 0 Å². The number of aromatic amines is 1. The summed E-state index contributed by atoms with van der Waals surface area (Å²) >= 11 is 9.53. The van der Waals surface area contributed by atoms with Crippen molar-refractivity contribution in [2.45, 2.75) is 0 Å². The molecule has 1 aromatic carbocycles. The van der Waals surface area contributed by atoms with Gasteiger partial charge in [-0.3, -0.25) is 0 Å². The van der Waals surface area contributed by atoms with Gasteiger partial charge < -0.3 is 4.98 Å². The number of benzene rings is 1. The largest absolute Gasteiger partial charge is 0.354 e. The summed E-state index contributed by atoms with van der Waals surface area (Å²) in [5.74, 6) is 0. The van der Waals surface area contributed by atoms with Gasteiger partial charge in [0.05, 0.1) is 5.52 Å². The first-order valence-electron chi connectivity index (χ1n) is 4.47.